The SMILES string of the molecule is CC(C)C[C@@H](NC(=O)[C@@H](Cc1ccccc1)NC(=O)[C@H](N)Cc1ccccc1)C(=O)N[C@H](CCCCNC[C@@H](O)CO)C(=O)N1CCC(N)CC1. The average molecular weight is 710 g/mol. The molecule has 0 spiro atoms. The van der Waals surface area contributed by atoms with E-state index in [9.17, 15) is 24.3 Å². The lowest BCUT2D eigenvalue weighted by Gasteiger charge is -2.34. The molecule has 0 aliphatic carbocycles. The van der Waals surface area contributed by atoms with Gasteiger partial charge in [-0.3, -0.25) is 19.2 Å². The molecule has 5 atom stereocenters. The fraction of sp³-hybridized carbons (Fsp3) is 0.579. The molecular formula is C38H59N7O6. The van der Waals surface area contributed by atoms with Crippen molar-refractivity contribution in [3.63, 3.8) is 0 Å². The number of unbranched alkanes of at least 4 members (excludes halogenated alkanes) is 1. The summed E-state index contributed by atoms with van der Waals surface area (Å²) in [5.41, 5.74) is 14.1. The number of amides is 4. The molecule has 10 N–H and O–H groups in total. The van der Waals surface area contributed by atoms with Gasteiger partial charge in [-0.1, -0.05) is 74.5 Å². The number of benzene rings is 2. The standard InChI is InChI=1S/C38H59N7O6/c1-26(2)21-33(36(49)42-32(15-9-10-18-41-24-30(47)25-46)38(51)45-19-16-29(39)17-20-45)44-37(50)34(23-28-13-7-4-8-14-28)43-35(48)31(40)22-27-11-5-3-6-12-27/h3-8,11-14,26,29-34,41,46-47H,9-10,15-25,39-40H2,1-2H3,(H,42,49)(H,43,48)(H,44,50)/t30-,31-,32-,33-,34-/m1/s1. The van der Waals surface area contributed by atoms with Crippen LogP contribution in [0.15, 0.2) is 60.7 Å². The van der Waals surface area contributed by atoms with Gasteiger partial charge in [0, 0.05) is 32.1 Å². The molecule has 0 saturated carbocycles. The van der Waals surface area contributed by atoms with E-state index < -0.39 is 48.0 Å². The van der Waals surface area contributed by atoms with E-state index in [-0.39, 0.29) is 37.4 Å². The number of likely N-dealkylation sites (tertiary alicyclic amines) is 1. The van der Waals surface area contributed by atoms with Crippen molar-refractivity contribution in [1.82, 2.24) is 26.2 Å². The van der Waals surface area contributed by atoms with Crippen LogP contribution >= 0.6 is 0 Å². The maximum atomic E-state index is 13.9. The Balaban J connectivity index is 1.73. The molecule has 282 valence electrons. The number of nitrogens with zero attached hydrogens (tertiary/aromatic N) is 1. The van der Waals surface area contributed by atoms with Gasteiger partial charge in [0.05, 0.1) is 18.8 Å². The van der Waals surface area contributed by atoms with E-state index in [4.69, 9.17) is 16.6 Å². The van der Waals surface area contributed by atoms with Crippen molar-refractivity contribution < 1.29 is 29.4 Å². The summed E-state index contributed by atoms with van der Waals surface area (Å²) >= 11 is 0. The van der Waals surface area contributed by atoms with Crippen molar-refractivity contribution in [3.8, 4) is 0 Å². The number of aliphatic hydroxyl groups excluding tert-OH is 2. The van der Waals surface area contributed by atoms with Gasteiger partial charge in [0.2, 0.25) is 23.6 Å². The second-order valence-electron chi connectivity index (χ2n) is 14.0. The average Bonchev–Trinajstić information content (AvgIpc) is 3.12. The number of nitrogens with one attached hydrogen (secondary N) is 4. The van der Waals surface area contributed by atoms with Gasteiger partial charge in [0.25, 0.3) is 0 Å². The zero-order chi connectivity index (χ0) is 37.2. The largest absolute Gasteiger partial charge is 0.394 e. The van der Waals surface area contributed by atoms with E-state index in [1.165, 1.54) is 0 Å². The fourth-order valence-corrected chi connectivity index (χ4v) is 6.08. The van der Waals surface area contributed by atoms with Crippen molar-refractivity contribution in [3.05, 3.63) is 71.8 Å². The summed E-state index contributed by atoms with van der Waals surface area (Å²) in [5.74, 6) is -1.63. The highest BCUT2D eigenvalue weighted by Gasteiger charge is 2.33. The van der Waals surface area contributed by atoms with Crippen LogP contribution in [0.2, 0.25) is 0 Å². The van der Waals surface area contributed by atoms with Gasteiger partial charge in [0.1, 0.15) is 18.1 Å². The van der Waals surface area contributed by atoms with Gasteiger partial charge in [-0.05, 0) is 68.5 Å². The Hall–Kier alpha value is -3.88. The van der Waals surface area contributed by atoms with Gasteiger partial charge in [-0.2, -0.15) is 0 Å². The summed E-state index contributed by atoms with van der Waals surface area (Å²) in [6.07, 6.45) is 2.99. The van der Waals surface area contributed by atoms with Crippen LogP contribution in [0, 0.1) is 5.92 Å². The molecule has 0 unspecified atom stereocenters. The minimum Gasteiger partial charge on any atom is -0.394 e. The highest BCUT2D eigenvalue weighted by Crippen LogP contribution is 2.14. The molecule has 3 rings (SSSR count). The molecule has 1 aliphatic rings. The van der Waals surface area contributed by atoms with Crippen LogP contribution in [0.1, 0.15) is 63.5 Å². The predicted octanol–water partition coefficient (Wildman–Crippen LogP) is 0.362. The summed E-state index contributed by atoms with van der Waals surface area (Å²) in [6, 6.07) is 15.1. The zero-order valence-corrected chi connectivity index (χ0v) is 30.1. The quantitative estimate of drug-likeness (QED) is 0.0840. The minimum absolute atomic E-state index is 0.0283. The monoisotopic (exact) mass is 709 g/mol. The maximum absolute atomic E-state index is 13.9. The lowest BCUT2D eigenvalue weighted by atomic mass is 9.99. The number of rotatable bonds is 21. The van der Waals surface area contributed by atoms with E-state index in [0.29, 0.717) is 64.6 Å². The summed E-state index contributed by atoms with van der Waals surface area (Å²) < 4.78 is 0. The fourth-order valence-electron chi connectivity index (χ4n) is 6.08. The smallest absolute Gasteiger partial charge is 0.245 e. The number of nitrogens with two attached hydrogens (primary N) is 2. The molecule has 4 amide bonds. The first-order valence-electron chi connectivity index (χ1n) is 18.2. The molecule has 1 aliphatic heterocycles. The highest BCUT2D eigenvalue weighted by atomic mass is 16.3. The second-order valence-corrected chi connectivity index (χ2v) is 14.0. The Bertz CT molecular complexity index is 1340. The minimum atomic E-state index is -1.00. The number of hydrogen-bond donors (Lipinski definition) is 8. The molecule has 13 heteroatoms. The molecule has 2 aromatic rings. The topological polar surface area (TPSA) is 212 Å². The molecule has 13 nitrogen and oxygen atoms in total. The number of carbonyl (C=O) groups excluding carboxylic acids is 4. The third-order valence-electron chi connectivity index (χ3n) is 9.04. The summed E-state index contributed by atoms with van der Waals surface area (Å²) in [4.78, 5) is 56.6. The Labute approximate surface area is 302 Å². The van der Waals surface area contributed by atoms with Gasteiger partial charge < -0.3 is 47.8 Å². The molecule has 0 radical (unpaired) electrons. The highest BCUT2D eigenvalue weighted by molar-refractivity contribution is 5.95. The first kappa shape index (κ1) is 41.5. The lowest BCUT2D eigenvalue weighted by Crippen LogP contribution is -2.59. The van der Waals surface area contributed by atoms with Crippen LogP contribution in [0.4, 0.5) is 0 Å². The molecule has 0 aromatic heterocycles. The Morgan fingerprint density at radius 2 is 1.35 bits per heavy atom. The first-order valence-corrected chi connectivity index (χ1v) is 18.2. The van der Waals surface area contributed by atoms with E-state index in [2.05, 4.69) is 21.3 Å². The second kappa shape index (κ2) is 22.1. The van der Waals surface area contributed by atoms with Gasteiger partial charge in [-0.25, -0.2) is 0 Å². The van der Waals surface area contributed by atoms with Gasteiger partial charge >= 0.3 is 0 Å². The molecule has 1 fully saturated rings. The number of hydrogen-bond acceptors (Lipinski definition) is 9. The van der Waals surface area contributed by atoms with Crippen molar-refractivity contribution in [2.24, 2.45) is 17.4 Å². The van der Waals surface area contributed by atoms with Gasteiger partial charge in [-0.15, -0.1) is 0 Å². The molecule has 1 heterocycles. The van der Waals surface area contributed by atoms with Crippen LogP contribution in [0.5, 0.6) is 0 Å². The van der Waals surface area contributed by atoms with Crippen LogP contribution < -0.4 is 32.7 Å². The Morgan fingerprint density at radius 1 is 0.804 bits per heavy atom. The van der Waals surface area contributed by atoms with Crippen LogP contribution in [-0.2, 0) is 32.0 Å². The van der Waals surface area contributed by atoms with Crippen LogP contribution in [0.25, 0.3) is 0 Å². The molecule has 1 saturated heterocycles. The molecular weight excluding hydrogens is 650 g/mol. The van der Waals surface area contributed by atoms with E-state index in [1.54, 1.807) is 4.90 Å². The number of piperidine rings is 1. The van der Waals surface area contributed by atoms with Crippen molar-refractivity contribution in [1.29, 1.82) is 0 Å². The van der Waals surface area contributed by atoms with E-state index >= 15 is 0 Å². The lowest BCUT2D eigenvalue weighted by molar-refractivity contribution is -0.138. The molecule has 2 aromatic carbocycles. The maximum Gasteiger partial charge on any atom is 0.245 e. The van der Waals surface area contributed by atoms with E-state index in [0.717, 1.165) is 11.1 Å². The number of carbonyl (C=O) groups is 4. The van der Waals surface area contributed by atoms with Crippen molar-refractivity contribution >= 4 is 23.6 Å². The van der Waals surface area contributed by atoms with Gasteiger partial charge in [0.15, 0.2) is 0 Å². The summed E-state index contributed by atoms with van der Waals surface area (Å²) in [7, 11) is 0. The number of aliphatic hydroxyl groups is 2. The summed E-state index contributed by atoms with van der Waals surface area (Å²) in [6.45, 7) is 5.39. The first-order chi connectivity index (χ1) is 24.5. The molecule has 0 bridgehead atoms. The van der Waals surface area contributed by atoms with Crippen LogP contribution in [0.3, 0.4) is 0 Å². The van der Waals surface area contributed by atoms with E-state index in [1.807, 2.05) is 74.5 Å². The zero-order valence-electron chi connectivity index (χ0n) is 30.1. The Morgan fingerprint density at radius 3 is 1.94 bits per heavy atom. The molecule has 51 heavy (non-hydrogen) atoms. The summed E-state index contributed by atoms with van der Waals surface area (Å²) in [5, 5.41) is 30.3. The predicted molar refractivity (Wildman–Crippen MR) is 197 cm³/mol. The third-order valence-corrected chi connectivity index (χ3v) is 9.04. The van der Waals surface area contributed by atoms with Crippen molar-refractivity contribution in [2.45, 2.75) is 102 Å². The Kier molecular flexibility index (Phi) is 18.0. The van der Waals surface area contributed by atoms with Crippen LogP contribution in [-0.4, -0.2) is 108 Å². The third kappa shape index (κ3) is 15.1. The van der Waals surface area contributed by atoms with Crippen molar-refractivity contribution in [2.75, 3.05) is 32.8 Å². The normalized spacial score (nSPS) is 16.5.